The Kier molecular flexibility index (Phi) is 6.00. The lowest BCUT2D eigenvalue weighted by atomic mass is 10.4. The molecular weight excluding hydrogens is 256 g/mol. The topological polar surface area (TPSA) is 75.9 Å². The van der Waals surface area contributed by atoms with Gasteiger partial charge in [0.05, 0.1) is 5.88 Å². The molecule has 8 heteroatoms. The van der Waals surface area contributed by atoms with Gasteiger partial charge in [-0.1, -0.05) is 23.2 Å². The first-order valence-corrected chi connectivity index (χ1v) is 5.00. The van der Waals surface area contributed by atoms with Crippen LogP contribution in [0.2, 0.25) is 0 Å². The van der Waals surface area contributed by atoms with E-state index in [-0.39, 0.29) is 12.0 Å². The van der Waals surface area contributed by atoms with E-state index in [4.69, 9.17) is 39.9 Å². The molecule has 0 aromatic heterocycles. The molecule has 1 saturated heterocycles. The van der Waals surface area contributed by atoms with Crippen molar-refractivity contribution in [2.45, 2.75) is 23.7 Å². The number of hydrogen-bond acceptors (Lipinski definition) is 4. The number of halogens is 3. The van der Waals surface area contributed by atoms with Crippen LogP contribution >= 0.6 is 34.8 Å². The number of aliphatic hydroxyl groups is 1. The van der Waals surface area contributed by atoms with Crippen molar-refractivity contribution in [2.75, 3.05) is 12.4 Å². The highest BCUT2D eigenvalue weighted by Crippen LogP contribution is 2.43. The predicted molar refractivity (Wildman–Crippen MR) is 53.6 cm³/mol. The second-order valence-electron chi connectivity index (χ2n) is 2.65. The van der Waals surface area contributed by atoms with Gasteiger partial charge in [0.2, 0.25) is 11.1 Å². The lowest BCUT2D eigenvalue weighted by Crippen LogP contribution is -2.20. The van der Waals surface area contributed by atoms with E-state index >= 15 is 0 Å². The molecule has 0 saturated carbocycles. The fourth-order valence-corrected chi connectivity index (χ4v) is 0.787. The number of nitro groups is 1. The Morgan fingerprint density at radius 1 is 1.71 bits per heavy atom. The van der Waals surface area contributed by atoms with Crippen molar-refractivity contribution in [1.29, 1.82) is 0 Å². The van der Waals surface area contributed by atoms with E-state index in [2.05, 4.69) is 4.74 Å². The van der Waals surface area contributed by atoms with Crippen LogP contribution in [0, 0.1) is 10.1 Å². The Hall–Kier alpha value is 0.190. The summed E-state index contributed by atoms with van der Waals surface area (Å²) < 4.78 is 3.79. The van der Waals surface area contributed by atoms with Gasteiger partial charge < -0.3 is 9.84 Å². The molecule has 1 aliphatic heterocycles. The standard InChI is InChI=1S/C3H4Cl2O.C3H6ClNO3/c1-2-3(4,5)6-2;4-1-3(6)2-5(7)8/h2H,1H3;3,6H,1-2H2. The number of nitrogens with zero attached hydrogens (tertiary/aromatic N) is 1. The molecule has 0 bridgehead atoms. The molecule has 14 heavy (non-hydrogen) atoms. The SMILES string of the molecule is CC1OC1(Cl)Cl.O=[N+]([O-])CC(O)CCl. The minimum absolute atomic E-state index is 0.0285. The lowest BCUT2D eigenvalue weighted by molar-refractivity contribution is -0.489. The molecule has 0 spiro atoms. The van der Waals surface area contributed by atoms with Gasteiger partial charge in [0.15, 0.2) is 0 Å². The highest BCUT2D eigenvalue weighted by molar-refractivity contribution is 6.49. The Bertz CT molecular complexity index is 202. The zero-order valence-electron chi connectivity index (χ0n) is 7.32. The van der Waals surface area contributed by atoms with Crippen LogP contribution < -0.4 is 0 Å². The van der Waals surface area contributed by atoms with Gasteiger partial charge in [-0.05, 0) is 6.92 Å². The summed E-state index contributed by atoms with van der Waals surface area (Å²) >= 11 is 15.7. The molecule has 0 aromatic carbocycles. The first-order valence-electron chi connectivity index (χ1n) is 3.71. The third-order valence-electron chi connectivity index (χ3n) is 1.29. The molecule has 5 nitrogen and oxygen atoms in total. The number of ether oxygens (including phenoxy) is 1. The second-order valence-corrected chi connectivity index (χ2v) is 4.27. The quantitative estimate of drug-likeness (QED) is 0.362. The molecule has 1 rings (SSSR count). The number of aliphatic hydroxyl groups excluding tert-OH is 1. The fourth-order valence-electron chi connectivity index (χ4n) is 0.423. The number of epoxide rings is 1. The molecule has 1 aliphatic rings. The summed E-state index contributed by atoms with van der Waals surface area (Å²) in [5.41, 5.74) is 0. The van der Waals surface area contributed by atoms with E-state index in [0.29, 0.717) is 0 Å². The number of hydrogen-bond donors (Lipinski definition) is 1. The summed E-state index contributed by atoms with van der Waals surface area (Å²) in [6.45, 7) is 1.35. The van der Waals surface area contributed by atoms with E-state index in [1.807, 2.05) is 6.92 Å². The van der Waals surface area contributed by atoms with Crippen molar-refractivity contribution >= 4 is 34.8 Å². The van der Waals surface area contributed by atoms with Crippen LogP contribution in [-0.2, 0) is 4.74 Å². The van der Waals surface area contributed by atoms with E-state index in [9.17, 15) is 10.1 Å². The van der Waals surface area contributed by atoms with Crippen molar-refractivity contribution in [3.63, 3.8) is 0 Å². The zero-order valence-corrected chi connectivity index (χ0v) is 9.59. The van der Waals surface area contributed by atoms with E-state index in [1.54, 1.807) is 0 Å². The number of rotatable bonds is 3. The molecule has 84 valence electrons. The molecule has 0 radical (unpaired) electrons. The molecule has 0 aliphatic carbocycles. The highest BCUT2D eigenvalue weighted by atomic mass is 35.5. The van der Waals surface area contributed by atoms with E-state index in [0.717, 1.165) is 0 Å². The average molecular weight is 267 g/mol. The second kappa shape index (κ2) is 5.92. The summed E-state index contributed by atoms with van der Waals surface area (Å²) in [6.07, 6.45) is -0.979. The van der Waals surface area contributed by atoms with Gasteiger partial charge in [-0.15, -0.1) is 11.6 Å². The Balaban J connectivity index is 0.000000249. The smallest absolute Gasteiger partial charge is 0.244 e. The third-order valence-corrected chi connectivity index (χ3v) is 2.44. The average Bonchev–Trinajstić information content (AvgIpc) is 2.56. The Morgan fingerprint density at radius 3 is 2.14 bits per heavy atom. The van der Waals surface area contributed by atoms with Crippen LogP contribution in [0.15, 0.2) is 0 Å². The van der Waals surface area contributed by atoms with Gasteiger partial charge in [-0.3, -0.25) is 10.1 Å². The highest BCUT2D eigenvalue weighted by Gasteiger charge is 2.50. The van der Waals surface area contributed by atoms with Gasteiger partial charge in [-0.25, -0.2) is 0 Å². The maximum absolute atomic E-state index is 9.56. The predicted octanol–water partition coefficient (Wildman–Crippen LogP) is 1.40. The molecule has 0 aromatic rings. The maximum Gasteiger partial charge on any atom is 0.244 e. The molecule has 1 fully saturated rings. The van der Waals surface area contributed by atoms with E-state index in [1.165, 1.54) is 0 Å². The van der Waals surface area contributed by atoms with Crippen molar-refractivity contribution in [3.05, 3.63) is 10.1 Å². The first-order chi connectivity index (χ1) is 6.29. The maximum atomic E-state index is 9.56. The normalized spacial score (nSPS) is 24.5. The van der Waals surface area contributed by atoms with Crippen LogP contribution in [0.25, 0.3) is 0 Å². The van der Waals surface area contributed by atoms with Gasteiger partial charge in [0.1, 0.15) is 12.2 Å². The molecule has 1 heterocycles. The molecule has 2 unspecified atom stereocenters. The third kappa shape index (κ3) is 6.62. The minimum Gasteiger partial charge on any atom is -0.385 e. The summed E-state index contributed by atoms with van der Waals surface area (Å²) in [7, 11) is 0. The summed E-state index contributed by atoms with van der Waals surface area (Å²) in [5.74, 6) is -0.0824. The summed E-state index contributed by atoms with van der Waals surface area (Å²) in [4.78, 5) is 8.95. The van der Waals surface area contributed by atoms with Crippen LogP contribution in [0.5, 0.6) is 0 Å². The van der Waals surface area contributed by atoms with Crippen molar-refractivity contribution in [1.82, 2.24) is 0 Å². The Labute approximate surface area is 96.0 Å². The van der Waals surface area contributed by atoms with Crippen molar-refractivity contribution in [2.24, 2.45) is 0 Å². The van der Waals surface area contributed by atoms with Crippen molar-refractivity contribution in [3.8, 4) is 0 Å². The molecular formula is C6H10Cl3NO4. The van der Waals surface area contributed by atoms with Gasteiger partial charge in [-0.2, -0.15) is 0 Å². The van der Waals surface area contributed by atoms with Crippen LogP contribution in [0.4, 0.5) is 0 Å². The zero-order chi connectivity index (χ0) is 11.4. The largest absolute Gasteiger partial charge is 0.385 e. The molecule has 0 amide bonds. The van der Waals surface area contributed by atoms with Gasteiger partial charge >= 0.3 is 0 Å². The number of alkyl halides is 3. The lowest BCUT2D eigenvalue weighted by Gasteiger charge is -1.96. The molecule has 2 atom stereocenters. The van der Waals surface area contributed by atoms with Crippen LogP contribution in [-0.4, -0.2) is 39.2 Å². The van der Waals surface area contributed by atoms with Crippen molar-refractivity contribution < 1.29 is 14.8 Å². The monoisotopic (exact) mass is 265 g/mol. The molecule has 1 N–H and O–H groups in total. The summed E-state index contributed by atoms with van der Waals surface area (Å²) in [6, 6.07) is 0. The van der Waals surface area contributed by atoms with Gasteiger partial charge in [0, 0.05) is 4.92 Å². The van der Waals surface area contributed by atoms with Crippen LogP contribution in [0.3, 0.4) is 0 Å². The Morgan fingerprint density at radius 2 is 2.07 bits per heavy atom. The minimum atomic E-state index is -1.01. The van der Waals surface area contributed by atoms with Crippen LogP contribution in [0.1, 0.15) is 6.92 Å². The fraction of sp³-hybridized carbons (Fsp3) is 1.00. The van der Waals surface area contributed by atoms with Gasteiger partial charge in [0.25, 0.3) is 0 Å². The van der Waals surface area contributed by atoms with E-state index < -0.39 is 22.1 Å². The first kappa shape index (κ1) is 14.2. The summed E-state index contributed by atoms with van der Waals surface area (Å²) in [5, 5.41) is 18.0.